The van der Waals surface area contributed by atoms with Crippen molar-refractivity contribution in [3.05, 3.63) is 72.1 Å². The minimum absolute atomic E-state index is 0.0834. The lowest BCUT2D eigenvalue weighted by Crippen LogP contribution is -2.41. The van der Waals surface area contributed by atoms with E-state index in [0.29, 0.717) is 41.6 Å². The zero-order chi connectivity index (χ0) is 21.0. The molecule has 0 bridgehead atoms. The van der Waals surface area contributed by atoms with Crippen LogP contribution in [-0.2, 0) is 14.8 Å². The van der Waals surface area contributed by atoms with Gasteiger partial charge in [-0.15, -0.1) is 11.3 Å². The van der Waals surface area contributed by atoms with E-state index in [1.165, 1.54) is 15.6 Å². The van der Waals surface area contributed by atoms with E-state index in [1.54, 1.807) is 41.8 Å². The highest BCUT2D eigenvalue weighted by Crippen LogP contribution is 2.27. The van der Waals surface area contributed by atoms with Crippen LogP contribution in [-0.4, -0.2) is 31.7 Å². The number of carbonyl (C=O) groups is 1. The highest BCUT2D eigenvalue weighted by molar-refractivity contribution is 7.91. The van der Waals surface area contributed by atoms with Crippen molar-refractivity contribution in [1.82, 2.24) is 4.31 Å². The Morgan fingerprint density at radius 1 is 0.933 bits per heavy atom. The molecule has 0 spiro atoms. The van der Waals surface area contributed by atoms with Gasteiger partial charge in [0, 0.05) is 24.7 Å². The molecule has 2 aromatic carbocycles. The number of amides is 1. The summed E-state index contributed by atoms with van der Waals surface area (Å²) in [5, 5.41) is 4.68. The zero-order valence-electron chi connectivity index (χ0n) is 16.2. The average molecular weight is 443 g/mol. The van der Waals surface area contributed by atoms with Gasteiger partial charge in [0.25, 0.3) is 10.0 Å². The van der Waals surface area contributed by atoms with Crippen LogP contribution in [0.4, 0.5) is 5.69 Å². The summed E-state index contributed by atoms with van der Waals surface area (Å²) in [4.78, 5) is 12.6. The lowest BCUT2D eigenvalue weighted by Gasteiger charge is -2.30. The van der Waals surface area contributed by atoms with Crippen molar-refractivity contribution in [1.29, 1.82) is 0 Å². The van der Waals surface area contributed by atoms with Crippen molar-refractivity contribution in [3.8, 4) is 11.5 Å². The molecule has 0 radical (unpaired) electrons. The minimum atomic E-state index is -3.45. The fourth-order valence-corrected chi connectivity index (χ4v) is 5.99. The van der Waals surface area contributed by atoms with Gasteiger partial charge in [0.1, 0.15) is 15.7 Å². The van der Waals surface area contributed by atoms with Crippen molar-refractivity contribution in [2.45, 2.75) is 17.1 Å². The fourth-order valence-electron chi connectivity index (χ4n) is 3.37. The fraction of sp³-hybridized carbons (Fsp3) is 0.227. The van der Waals surface area contributed by atoms with Gasteiger partial charge in [-0.25, -0.2) is 8.42 Å². The average Bonchev–Trinajstić information content (AvgIpc) is 3.32. The summed E-state index contributed by atoms with van der Waals surface area (Å²) < 4.78 is 32.8. The molecule has 2 heterocycles. The second-order valence-corrected chi connectivity index (χ2v) is 10.2. The number of thiophene rings is 1. The maximum absolute atomic E-state index is 12.6. The third-order valence-corrected chi connectivity index (χ3v) is 8.29. The SMILES string of the molecule is O=C(Nc1ccc(Oc2ccccc2)cc1)C1CCN(S(=O)(=O)c2cccs2)CC1. The molecule has 1 N–H and O–H groups in total. The number of benzene rings is 2. The van der Waals surface area contributed by atoms with Crippen LogP contribution in [0.25, 0.3) is 0 Å². The first-order valence-corrected chi connectivity index (χ1v) is 12.0. The quantitative estimate of drug-likeness (QED) is 0.606. The Hall–Kier alpha value is -2.68. The Bertz CT molecular complexity index is 1070. The van der Waals surface area contributed by atoms with Gasteiger partial charge in [-0.3, -0.25) is 4.79 Å². The summed E-state index contributed by atoms with van der Waals surface area (Å²) in [6, 6.07) is 20.0. The van der Waals surface area contributed by atoms with E-state index in [2.05, 4.69) is 5.32 Å². The molecule has 1 aliphatic rings. The molecule has 4 rings (SSSR count). The lowest BCUT2D eigenvalue weighted by molar-refractivity contribution is -0.120. The summed E-state index contributed by atoms with van der Waals surface area (Å²) >= 11 is 1.21. The largest absolute Gasteiger partial charge is 0.457 e. The molecule has 156 valence electrons. The van der Waals surface area contributed by atoms with Gasteiger partial charge in [-0.05, 0) is 60.7 Å². The number of hydrogen-bond acceptors (Lipinski definition) is 5. The molecule has 8 heteroatoms. The van der Waals surface area contributed by atoms with E-state index in [4.69, 9.17) is 4.74 Å². The minimum Gasteiger partial charge on any atom is -0.457 e. The van der Waals surface area contributed by atoms with Crippen LogP contribution in [0.1, 0.15) is 12.8 Å². The van der Waals surface area contributed by atoms with E-state index in [9.17, 15) is 13.2 Å². The normalized spacial score (nSPS) is 15.6. The second-order valence-electron chi connectivity index (χ2n) is 7.04. The zero-order valence-corrected chi connectivity index (χ0v) is 17.9. The van der Waals surface area contributed by atoms with E-state index >= 15 is 0 Å². The van der Waals surface area contributed by atoms with Crippen LogP contribution in [0.2, 0.25) is 0 Å². The van der Waals surface area contributed by atoms with Crippen LogP contribution < -0.4 is 10.1 Å². The molecule has 1 saturated heterocycles. The number of sulfonamides is 1. The van der Waals surface area contributed by atoms with Gasteiger partial charge >= 0.3 is 0 Å². The molecule has 1 fully saturated rings. The predicted molar refractivity (Wildman–Crippen MR) is 117 cm³/mol. The van der Waals surface area contributed by atoms with Gasteiger partial charge in [0.05, 0.1) is 0 Å². The van der Waals surface area contributed by atoms with Gasteiger partial charge in [-0.2, -0.15) is 4.31 Å². The number of anilines is 1. The van der Waals surface area contributed by atoms with E-state index in [0.717, 1.165) is 5.75 Å². The number of nitrogens with one attached hydrogen (secondary N) is 1. The van der Waals surface area contributed by atoms with Crippen LogP contribution in [0.3, 0.4) is 0 Å². The maximum atomic E-state index is 12.6. The molecule has 6 nitrogen and oxygen atoms in total. The maximum Gasteiger partial charge on any atom is 0.252 e. The van der Waals surface area contributed by atoms with Gasteiger partial charge < -0.3 is 10.1 Å². The number of hydrogen-bond donors (Lipinski definition) is 1. The van der Waals surface area contributed by atoms with Gasteiger partial charge in [-0.1, -0.05) is 24.3 Å². The number of carbonyl (C=O) groups excluding carboxylic acids is 1. The highest BCUT2D eigenvalue weighted by Gasteiger charge is 2.32. The Balaban J connectivity index is 1.31. The standard InChI is InChI=1S/C22H22N2O4S2/c25-22(17-12-14-24(15-13-17)30(26,27)21-7-4-16-29-21)23-18-8-10-20(11-9-18)28-19-5-2-1-3-6-19/h1-11,16-17H,12-15H2,(H,23,25). The first-order chi connectivity index (χ1) is 14.5. The number of rotatable bonds is 6. The molecule has 1 aliphatic heterocycles. The third kappa shape index (κ3) is 4.72. The number of nitrogens with zero attached hydrogens (tertiary/aromatic N) is 1. The van der Waals surface area contributed by atoms with Crippen LogP contribution in [0.5, 0.6) is 11.5 Å². The second kappa shape index (κ2) is 8.99. The van der Waals surface area contributed by atoms with Crippen LogP contribution >= 0.6 is 11.3 Å². The number of para-hydroxylation sites is 1. The third-order valence-electron chi connectivity index (χ3n) is 5.01. The van der Waals surface area contributed by atoms with Gasteiger partial charge in [0.2, 0.25) is 5.91 Å². The molecule has 0 saturated carbocycles. The Morgan fingerprint density at radius 2 is 1.60 bits per heavy atom. The lowest BCUT2D eigenvalue weighted by atomic mass is 9.97. The topological polar surface area (TPSA) is 75.7 Å². The molecule has 30 heavy (non-hydrogen) atoms. The van der Waals surface area contributed by atoms with Crippen molar-refractivity contribution < 1.29 is 17.9 Å². The molecular formula is C22H22N2O4S2. The molecule has 3 aromatic rings. The highest BCUT2D eigenvalue weighted by atomic mass is 32.2. The Labute approximate surface area is 180 Å². The summed E-state index contributed by atoms with van der Waals surface area (Å²) in [7, 11) is -3.45. The van der Waals surface area contributed by atoms with Crippen molar-refractivity contribution in [3.63, 3.8) is 0 Å². The smallest absolute Gasteiger partial charge is 0.252 e. The summed E-state index contributed by atoms with van der Waals surface area (Å²) in [5.74, 6) is 1.14. The van der Waals surface area contributed by atoms with E-state index < -0.39 is 10.0 Å². The van der Waals surface area contributed by atoms with Crippen molar-refractivity contribution in [2.24, 2.45) is 5.92 Å². The van der Waals surface area contributed by atoms with E-state index in [-0.39, 0.29) is 11.8 Å². The number of piperidine rings is 1. The molecule has 0 atom stereocenters. The van der Waals surface area contributed by atoms with Crippen LogP contribution in [0.15, 0.2) is 76.3 Å². The van der Waals surface area contributed by atoms with Crippen molar-refractivity contribution in [2.75, 3.05) is 18.4 Å². The monoisotopic (exact) mass is 442 g/mol. The van der Waals surface area contributed by atoms with E-state index in [1.807, 2.05) is 30.3 Å². The first-order valence-electron chi connectivity index (χ1n) is 9.70. The molecular weight excluding hydrogens is 420 g/mol. The summed E-state index contributed by atoms with van der Waals surface area (Å²) in [6.07, 6.45) is 1.01. The van der Waals surface area contributed by atoms with Crippen molar-refractivity contribution >= 4 is 33.0 Å². The molecule has 1 aromatic heterocycles. The molecule has 1 amide bonds. The summed E-state index contributed by atoms with van der Waals surface area (Å²) in [5.41, 5.74) is 0.689. The molecule has 0 aliphatic carbocycles. The number of ether oxygens (including phenoxy) is 1. The first kappa shape index (κ1) is 20.6. The summed E-state index contributed by atoms with van der Waals surface area (Å²) in [6.45, 7) is 0.699. The predicted octanol–water partition coefficient (Wildman–Crippen LogP) is 4.58. The molecule has 0 unspecified atom stereocenters. The Morgan fingerprint density at radius 3 is 2.23 bits per heavy atom. The van der Waals surface area contributed by atoms with Gasteiger partial charge in [0.15, 0.2) is 0 Å². The van der Waals surface area contributed by atoms with Crippen LogP contribution in [0, 0.1) is 5.92 Å². The Kier molecular flexibility index (Phi) is 6.17.